The topological polar surface area (TPSA) is 93.7 Å². The van der Waals surface area contributed by atoms with Crippen LogP contribution in [0, 0.1) is 0 Å². The van der Waals surface area contributed by atoms with Gasteiger partial charge in [-0.15, -0.1) is 11.3 Å². The minimum absolute atomic E-state index is 0.233. The molecule has 7 nitrogen and oxygen atoms in total. The molecular weight excluding hydrogens is 436 g/mol. The minimum atomic E-state index is -3.62. The van der Waals surface area contributed by atoms with Crippen molar-refractivity contribution >= 4 is 38.6 Å². The Kier molecular flexibility index (Phi) is 4.86. The van der Waals surface area contributed by atoms with Crippen LogP contribution in [0.1, 0.15) is 36.0 Å². The largest absolute Gasteiger partial charge is 0.448 e. The van der Waals surface area contributed by atoms with E-state index in [2.05, 4.69) is 10.0 Å². The van der Waals surface area contributed by atoms with Crippen molar-refractivity contribution in [1.29, 1.82) is 0 Å². The van der Waals surface area contributed by atoms with Gasteiger partial charge < -0.3 is 14.8 Å². The van der Waals surface area contributed by atoms with Crippen molar-refractivity contribution in [3.8, 4) is 11.5 Å². The number of anilines is 2. The molecule has 0 radical (unpaired) electrons. The quantitative estimate of drug-likeness (QED) is 0.573. The highest BCUT2D eigenvalue weighted by molar-refractivity contribution is 7.94. The van der Waals surface area contributed by atoms with Crippen molar-refractivity contribution in [2.45, 2.75) is 35.7 Å². The molecule has 1 aliphatic heterocycles. The molecule has 0 saturated heterocycles. The lowest BCUT2D eigenvalue weighted by molar-refractivity contribution is -0.0716. The number of rotatable bonds is 5. The Hall–Kier alpha value is -3.04. The zero-order chi connectivity index (χ0) is 21.5. The first-order chi connectivity index (χ1) is 14.9. The number of amides is 1. The van der Waals surface area contributed by atoms with Crippen LogP contribution in [0.3, 0.4) is 0 Å². The molecule has 9 heteroatoms. The molecule has 1 amide bonds. The number of ether oxygens (including phenoxy) is 2. The Morgan fingerprint density at radius 2 is 1.65 bits per heavy atom. The van der Waals surface area contributed by atoms with E-state index in [1.54, 1.807) is 53.9 Å². The van der Waals surface area contributed by atoms with Gasteiger partial charge in [0.25, 0.3) is 21.7 Å². The molecule has 31 heavy (non-hydrogen) atoms. The number of carbonyl (C=O) groups excluding carboxylic acids is 1. The molecule has 2 aromatic carbocycles. The van der Waals surface area contributed by atoms with Crippen molar-refractivity contribution in [3.63, 3.8) is 0 Å². The summed E-state index contributed by atoms with van der Waals surface area (Å²) in [5.74, 6) is 0.486. The second kappa shape index (κ2) is 7.58. The number of fused-ring (bicyclic) bond motifs is 1. The third-order valence-corrected chi connectivity index (χ3v) is 8.10. The second-order valence-corrected chi connectivity index (χ2v) is 10.4. The molecule has 0 unspecified atom stereocenters. The summed E-state index contributed by atoms with van der Waals surface area (Å²) in [6.07, 6.45) is 3.89. The zero-order valence-corrected chi connectivity index (χ0v) is 18.1. The average Bonchev–Trinajstić information content (AvgIpc) is 3.49. The van der Waals surface area contributed by atoms with Crippen molar-refractivity contribution in [2.75, 3.05) is 10.0 Å². The number of carbonyl (C=O) groups is 1. The smallest absolute Gasteiger partial charge is 0.271 e. The van der Waals surface area contributed by atoms with Crippen LogP contribution in [0.15, 0.2) is 64.2 Å². The Labute approximate surface area is 184 Å². The number of thiophene rings is 1. The van der Waals surface area contributed by atoms with E-state index in [4.69, 9.17) is 9.47 Å². The maximum atomic E-state index is 12.6. The predicted octanol–water partition coefficient (Wildman–Crippen LogP) is 4.84. The second-order valence-electron chi connectivity index (χ2n) is 7.55. The molecule has 2 heterocycles. The highest BCUT2D eigenvalue weighted by Crippen LogP contribution is 2.47. The molecule has 3 aromatic rings. The van der Waals surface area contributed by atoms with Gasteiger partial charge in [-0.05, 0) is 60.7 Å². The van der Waals surface area contributed by atoms with Gasteiger partial charge in [-0.2, -0.15) is 0 Å². The molecule has 5 rings (SSSR count). The van der Waals surface area contributed by atoms with Crippen LogP contribution < -0.4 is 19.5 Å². The molecule has 0 bridgehead atoms. The normalized spacial score (nSPS) is 16.4. The van der Waals surface area contributed by atoms with Crippen LogP contribution in [0.2, 0.25) is 0 Å². The Balaban J connectivity index is 1.25. The van der Waals surface area contributed by atoms with E-state index in [0.29, 0.717) is 28.4 Å². The van der Waals surface area contributed by atoms with E-state index in [1.165, 1.54) is 6.07 Å². The van der Waals surface area contributed by atoms with Gasteiger partial charge >= 0.3 is 0 Å². The fourth-order valence-corrected chi connectivity index (χ4v) is 5.86. The first-order valence-electron chi connectivity index (χ1n) is 9.92. The van der Waals surface area contributed by atoms with E-state index in [9.17, 15) is 13.2 Å². The van der Waals surface area contributed by atoms with Gasteiger partial charge in [-0.1, -0.05) is 6.07 Å². The van der Waals surface area contributed by atoms with Crippen LogP contribution in [-0.4, -0.2) is 20.1 Å². The SMILES string of the molecule is O=C(Nc1ccc2c(c1)OC1(CCCC1)O2)c1ccc(NS(=O)(=O)c2cccs2)cc1. The Bertz CT molecular complexity index is 1220. The van der Waals surface area contributed by atoms with Crippen molar-refractivity contribution in [2.24, 2.45) is 0 Å². The fourth-order valence-electron chi connectivity index (χ4n) is 3.80. The monoisotopic (exact) mass is 456 g/mol. The van der Waals surface area contributed by atoms with E-state index < -0.39 is 15.8 Å². The van der Waals surface area contributed by atoms with Gasteiger partial charge in [0.1, 0.15) is 4.21 Å². The molecule has 1 fully saturated rings. The summed E-state index contributed by atoms with van der Waals surface area (Å²) in [5, 5.41) is 4.55. The first-order valence-corrected chi connectivity index (χ1v) is 12.3. The average molecular weight is 457 g/mol. The molecular formula is C22H20N2O5S2. The lowest BCUT2D eigenvalue weighted by Gasteiger charge is -2.21. The van der Waals surface area contributed by atoms with Crippen LogP contribution in [0.4, 0.5) is 11.4 Å². The molecule has 1 saturated carbocycles. The molecule has 2 N–H and O–H groups in total. The van der Waals surface area contributed by atoms with Crippen LogP contribution in [0.25, 0.3) is 0 Å². The number of hydrogen-bond donors (Lipinski definition) is 2. The maximum Gasteiger partial charge on any atom is 0.271 e. The zero-order valence-electron chi connectivity index (χ0n) is 16.5. The Morgan fingerprint density at radius 3 is 2.35 bits per heavy atom. The van der Waals surface area contributed by atoms with Gasteiger partial charge in [0, 0.05) is 35.8 Å². The molecule has 1 aromatic heterocycles. The molecule has 1 spiro atoms. The summed E-state index contributed by atoms with van der Waals surface area (Å²) in [6, 6.07) is 14.8. The maximum absolute atomic E-state index is 12.6. The van der Waals surface area contributed by atoms with Crippen LogP contribution in [-0.2, 0) is 10.0 Å². The summed E-state index contributed by atoms with van der Waals surface area (Å²) in [6.45, 7) is 0. The number of nitrogens with one attached hydrogen (secondary N) is 2. The predicted molar refractivity (Wildman–Crippen MR) is 118 cm³/mol. The van der Waals surface area contributed by atoms with Crippen molar-refractivity contribution in [3.05, 3.63) is 65.5 Å². The molecule has 2 aliphatic rings. The summed E-state index contributed by atoms with van der Waals surface area (Å²) >= 11 is 1.14. The number of sulfonamides is 1. The van der Waals surface area contributed by atoms with Gasteiger partial charge in [0.2, 0.25) is 0 Å². The van der Waals surface area contributed by atoms with Gasteiger partial charge in [0.05, 0.1) is 0 Å². The number of benzene rings is 2. The van der Waals surface area contributed by atoms with Crippen molar-refractivity contribution < 1.29 is 22.7 Å². The van der Waals surface area contributed by atoms with E-state index >= 15 is 0 Å². The molecule has 1 aliphatic carbocycles. The summed E-state index contributed by atoms with van der Waals surface area (Å²) in [7, 11) is -3.62. The summed E-state index contributed by atoms with van der Waals surface area (Å²) in [4.78, 5) is 12.6. The highest BCUT2D eigenvalue weighted by atomic mass is 32.2. The Morgan fingerprint density at radius 1 is 0.935 bits per heavy atom. The third-order valence-electron chi connectivity index (χ3n) is 5.32. The summed E-state index contributed by atoms with van der Waals surface area (Å²) < 4.78 is 39.4. The summed E-state index contributed by atoms with van der Waals surface area (Å²) in [5.41, 5.74) is 1.39. The standard InChI is InChI=1S/C22H20N2O5S2/c25-21(15-5-7-16(8-6-15)24-31(26,27)20-4-3-13-30-20)23-17-9-10-18-19(14-17)29-22(28-18)11-1-2-12-22/h3-10,13-14,24H,1-2,11-12H2,(H,23,25). The van der Waals surface area contributed by atoms with E-state index in [0.717, 1.165) is 37.0 Å². The first kappa shape index (κ1) is 19.9. The lowest BCUT2D eigenvalue weighted by Crippen LogP contribution is -2.34. The van der Waals surface area contributed by atoms with Crippen LogP contribution >= 0.6 is 11.3 Å². The van der Waals surface area contributed by atoms with Gasteiger partial charge in [-0.25, -0.2) is 8.42 Å². The fraction of sp³-hybridized carbons (Fsp3) is 0.227. The lowest BCUT2D eigenvalue weighted by atomic mass is 10.2. The number of hydrogen-bond acceptors (Lipinski definition) is 6. The van der Waals surface area contributed by atoms with Gasteiger partial charge in [-0.3, -0.25) is 9.52 Å². The highest BCUT2D eigenvalue weighted by Gasteiger charge is 2.44. The van der Waals surface area contributed by atoms with Crippen molar-refractivity contribution in [1.82, 2.24) is 0 Å². The van der Waals surface area contributed by atoms with Gasteiger partial charge in [0.15, 0.2) is 11.5 Å². The molecule has 160 valence electrons. The minimum Gasteiger partial charge on any atom is -0.448 e. The molecule has 0 atom stereocenters. The van der Waals surface area contributed by atoms with E-state index in [-0.39, 0.29) is 10.1 Å². The van der Waals surface area contributed by atoms with E-state index in [1.807, 2.05) is 0 Å². The third kappa shape index (κ3) is 3.98. The van der Waals surface area contributed by atoms with Crippen LogP contribution in [0.5, 0.6) is 11.5 Å².